The van der Waals surface area contributed by atoms with E-state index in [1.807, 2.05) is 12.1 Å². The first-order valence-corrected chi connectivity index (χ1v) is 5.37. The number of hydrogen-bond acceptors (Lipinski definition) is 3. The van der Waals surface area contributed by atoms with Crippen LogP contribution in [0.4, 0.5) is 5.95 Å². The van der Waals surface area contributed by atoms with Crippen molar-refractivity contribution in [3.05, 3.63) is 27.7 Å². The minimum absolute atomic E-state index is 0.365. The second-order valence-electron chi connectivity index (χ2n) is 3.04. The van der Waals surface area contributed by atoms with Crippen LogP contribution in [0.25, 0.3) is 11.4 Å². The summed E-state index contributed by atoms with van der Waals surface area (Å²) in [6.45, 7) is 0. The van der Waals surface area contributed by atoms with Gasteiger partial charge >= 0.3 is 0 Å². The Bertz CT molecular complexity index is 489. The first-order chi connectivity index (χ1) is 7.08. The van der Waals surface area contributed by atoms with Gasteiger partial charge in [-0.25, -0.2) is 4.68 Å². The molecule has 0 atom stereocenters. The predicted molar refractivity (Wildman–Crippen MR) is 63.6 cm³/mol. The van der Waals surface area contributed by atoms with Crippen LogP contribution in [-0.4, -0.2) is 14.8 Å². The summed E-state index contributed by atoms with van der Waals surface area (Å²) in [5.74, 6) is 0.900. The molecular weight excluding hydrogens is 279 g/mol. The summed E-state index contributed by atoms with van der Waals surface area (Å²) >= 11 is 9.40. The normalized spacial score (nSPS) is 10.6. The second-order valence-corrected chi connectivity index (χ2v) is 4.36. The molecule has 1 aromatic heterocycles. The van der Waals surface area contributed by atoms with Crippen LogP contribution >= 0.6 is 27.5 Å². The second kappa shape index (κ2) is 3.83. The molecule has 0 saturated carbocycles. The standard InChI is InChI=1S/C9H8BrClN4/c1-15-9(12)13-8(14-15)6-3-2-5(10)4-7(6)11/h2-4H,1H3,(H2,12,13,14). The van der Waals surface area contributed by atoms with Gasteiger partial charge in [0.2, 0.25) is 5.95 Å². The van der Waals surface area contributed by atoms with E-state index in [1.54, 1.807) is 13.1 Å². The van der Waals surface area contributed by atoms with E-state index in [9.17, 15) is 0 Å². The molecule has 15 heavy (non-hydrogen) atoms. The molecule has 0 aliphatic rings. The smallest absolute Gasteiger partial charge is 0.218 e. The van der Waals surface area contributed by atoms with Crippen LogP contribution in [0.15, 0.2) is 22.7 Å². The highest BCUT2D eigenvalue weighted by Crippen LogP contribution is 2.28. The van der Waals surface area contributed by atoms with E-state index >= 15 is 0 Å². The molecule has 0 radical (unpaired) electrons. The largest absolute Gasteiger partial charge is 0.368 e. The van der Waals surface area contributed by atoms with E-state index in [0.717, 1.165) is 10.0 Å². The maximum Gasteiger partial charge on any atom is 0.218 e. The molecule has 1 heterocycles. The summed E-state index contributed by atoms with van der Waals surface area (Å²) < 4.78 is 2.42. The molecule has 0 aliphatic heterocycles. The van der Waals surface area contributed by atoms with Gasteiger partial charge in [-0.2, -0.15) is 4.98 Å². The fourth-order valence-corrected chi connectivity index (χ4v) is 1.94. The Morgan fingerprint density at radius 1 is 1.47 bits per heavy atom. The van der Waals surface area contributed by atoms with Gasteiger partial charge in [0.25, 0.3) is 0 Å². The van der Waals surface area contributed by atoms with Gasteiger partial charge in [-0.1, -0.05) is 27.5 Å². The summed E-state index contributed by atoms with van der Waals surface area (Å²) in [7, 11) is 1.73. The third kappa shape index (κ3) is 1.98. The molecular formula is C9H8BrClN4. The molecule has 2 rings (SSSR count). The van der Waals surface area contributed by atoms with Crippen LogP contribution in [-0.2, 0) is 7.05 Å². The highest BCUT2D eigenvalue weighted by molar-refractivity contribution is 9.10. The van der Waals surface area contributed by atoms with Crippen molar-refractivity contribution in [2.75, 3.05) is 5.73 Å². The maximum absolute atomic E-state index is 6.07. The molecule has 2 aromatic rings. The van der Waals surface area contributed by atoms with E-state index < -0.39 is 0 Å². The fourth-order valence-electron chi connectivity index (χ4n) is 1.18. The minimum atomic E-state index is 0.365. The fraction of sp³-hybridized carbons (Fsp3) is 0.111. The number of rotatable bonds is 1. The van der Waals surface area contributed by atoms with Crippen LogP contribution in [0.2, 0.25) is 5.02 Å². The van der Waals surface area contributed by atoms with Crippen molar-refractivity contribution in [2.24, 2.45) is 7.05 Å². The van der Waals surface area contributed by atoms with Crippen molar-refractivity contribution in [2.45, 2.75) is 0 Å². The third-order valence-electron chi connectivity index (χ3n) is 1.97. The van der Waals surface area contributed by atoms with Crippen molar-refractivity contribution in [1.82, 2.24) is 14.8 Å². The Morgan fingerprint density at radius 2 is 2.20 bits per heavy atom. The quantitative estimate of drug-likeness (QED) is 0.876. The Kier molecular flexibility index (Phi) is 2.67. The number of nitrogens with zero attached hydrogens (tertiary/aromatic N) is 3. The van der Waals surface area contributed by atoms with Gasteiger partial charge < -0.3 is 5.73 Å². The van der Waals surface area contributed by atoms with Gasteiger partial charge in [0, 0.05) is 17.1 Å². The monoisotopic (exact) mass is 286 g/mol. The van der Waals surface area contributed by atoms with Crippen molar-refractivity contribution < 1.29 is 0 Å². The summed E-state index contributed by atoms with van der Waals surface area (Å²) in [6.07, 6.45) is 0. The molecule has 78 valence electrons. The van der Waals surface area contributed by atoms with Crippen molar-refractivity contribution >= 4 is 33.5 Å². The van der Waals surface area contributed by atoms with Gasteiger partial charge in [-0.3, -0.25) is 0 Å². The van der Waals surface area contributed by atoms with E-state index in [0.29, 0.717) is 16.8 Å². The molecule has 2 N–H and O–H groups in total. The van der Waals surface area contributed by atoms with Gasteiger partial charge in [-0.05, 0) is 18.2 Å². The SMILES string of the molecule is Cn1nc(-c2ccc(Br)cc2Cl)nc1N. The predicted octanol–water partition coefficient (Wildman–Crippen LogP) is 2.48. The van der Waals surface area contributed by atoms with Crippen LogP contribution in [0, 0.1) is 0 Å². The number of anilines is 1. The molecule has 6 heteroatoms. The van der Waals surface area contributed by atoms with Gasteiger partial charge in [0.05, 0.1) is 5.02 Å². The topological polar surface area (TPSA) is 56.7 Å². The van der Waals surface area contributed by atoms with E-state index in [-0.39, 0.29) is 0 Å². The molecule has 0 saturated heterocycles. The Morgan fingerprint density at radius 3 is 2.73 bits per heavy atom. The lowest BCUT2D eigenvalue weighted by Gasteiger charge is -1.99. The molecule has 0 aliphatic carbocycles. The van der Waals surface area contributed by atoms with E-state index in [1.165, 1.54) is 4.68 Å². The van der Waals surface area contributed by atoms with Gasteiger partial charge in [-0.15, -0.1) is 5.10 Å². The summed E-state index contributed by atoms with van der Waals surface area (Å²) in [6, 6.07) is 5.53. The zero-order valence-electron chi connectivity index (χ0n) is 7.91. The molecule has 0 fully saturated rings. The first kappa shape index (κ1) is 10.4. The summed E-state index contributed by atoms with van der Waals surface area (Å²) in [5, 5.41) is 4.74. The maximum atomic E-state index is 6.07. The third-order valence-corrected chi connectivity index (χ3v) is 2.77. The minimum Gasteiger partial charge on any atom is -0.368 e. The lowest BCUT2D eigenvalue weighted by molar-refractivity contribution is 0.781. The number of nitrogens with two attached hydrogens (primary N) is 1. The molecule has 0 spiro atoms. The Labute approximate surface area is 100 Å². The Hall–Kier alpha value is -1.07. The summed E-state index contributed by atoms with van der Waals surface area (Å²) in [5.41, 5.74) is 6.37. The van der Waals surface area contributed by atoms with Gasteiger partial charge in [0.1, 0.15) is 0 Å². The Balaban J connectivity index is 2.54. The molecule has 1 aromatic carbocycles. The van der Waals surface area contributed by atoms with Crippen molar-refractivity contribution in [3.63, 3.8) is 0 Å². The number of halogens is 2. The number of nitrogen functional groups attached to an aromatic ring is 1. The number of aromatic nitrogens is 3. The van der Waals surface area contributed by atoms with Crippen molar-refractivity contribution in [1.29, 1.82) is 0 Å². The van der Waals surface area contributed by atoms with E-state index in [2.05, 4.69) is 26.0 Å². The molecule has 4 nitrogen and oxygen atoms in total. The molecule has 0 unspecified atom stereocenters. The lowest BCUT2D eigenvalue weighted by Crippen LogP contribution is -1.97. The average Bonchev–Trinajstić information content (AvgIpc) is 2.46. The average molecular weight is 288 g/mol. The highest BCUT2D eigenvalue weighted by atomic mass is 79.9. The lowest BCUT2D eigenvalue weighted by atomic mass is 10.2. The number of aryl methyl sites for hydroxylation is 1. The van der Waals surface area contributed by atoms with Crippen LogP contribution in [0.3, 0.4) is 0 Å². The van der Waals surface area contributed by atoms with Crippen LogP contribution in [0.1, 0.15) is 0 Å². The van der Waals surface area contributed by atoms with Gasteiger partial charge in [0.15, 0.2) is 5.82 Å². The summed E-state index contributed by atoms with van der Waals surface area (Å²) in [4.78, 5) is 4.10. The van der Waals surface area contributed by atoms with Crippen LogP contribution < -0.4 is 5.73 Å². The molecule has 0 amide bonds. The first-order valence-electron chi connectivity index (χ1n) is 4.20. The number of hydrogen-bond donors (Lipinski definition) is 1. The van der Waals surface area contributed by atoms with Crippen LogP contribution in [0.5, 0.6) is 0 Å². The zero-order valence-corrected chi connectivity index (χ0v) is 10.2. The molecule has 0 bridgehead atoms. The zero-order chi connectivity index (χ0) is 11.0. The number of benzene rings is 1. The van der Waals surface area contributed by atoms with E-state index in [4.69, 9.17) is 17.3 Å². The highest BCUT2D eigenvalue weighted by Gasteiger charge is 2.10. The van der Waals surface area contributed by atoms with Crippen molar-refractivity contribution in [3.8, 4) is 11.4 Å².